The Morgan fingerprint density at radius 1 is 1.43 bits per heavy atom. The fourth-order valence-electron chi connectivity index (χ4n) is 2.52. The van der Waals surface area contributed by atoms with Gasteiger partial charge in [-0.2, -0.15) is 0 Å². The van der Waals surface area contributed by atoms with Gasteiger partial charge in [-0.3, -0.25) is 0 Å². The Morgan fingerprint density at radius 3 is 2.87 bits per heavy atom. The van der Waals surface area contributed by atoms with E-state index in [4.69, 9.17) is 40.2 Å². The van der Waals surface area contributed by atoms with Crippen LogP contribution < -0.4 is 9.54 Å². The summed E-state index contributed by atoms with van der Waals surface area (Å²) in [6.07, 6.45) is 5.79. The van der Waals surface area contributed by atoms with E-state index in [1.54, 1.807) is 25.3 Å². The topological polar surface area (TPSA) is 26.5 Å². The van der Waals surface area contributed by atoms with Crippen LogP contribution in [-0.2, 0) is 6.54 Å². The summed E-state index contributed by atoms with van der Waals surface area (Å²) in [6, 6.07) is 5.34. The second-order valence-corrected chi connectivity index (χ2v) is 7.99. The maximum absolute atomic E-state index is 6.17. The minimum Gasteiger partial charge on any atom is -0.496 e. The third kappa shape index (κ3) is 3.97. The van der Waals surface area contributed by atoms with E-state index in [0.29, 0.717) is 26.0 Å². The number of rotatable bonds is 4. The minimum absolute atomic E-state index is 0.449. The van der Waals surface area contributed by atoms with Gasteiger partial charge in [0, 0.05) is 17.8 Å². The molecule has 1 aliphatic carbocycles. The van der Waals surface area contributed by atoms with Crippen molar-refractivity contribution in [1.82, 2.24) is 4.57 Å². The summed E-state index contributed by atoms with van der Waals surface area (Å²) < 4.78 is 8.16. The van der Waals surface area contributed by atoms with Crippen molar-refractivity contribution in [3.8, 4) is 5.75 Å². The van der Waals surface area contributed by atoms with Crippen LogP contribution in [0.1, 0.15) is 24.8 Å². The number of hydrogen-bond acceptors (Lipinski definition) is 3. The molecule has 0 N–H and O–H groups in total. The standard InChI is InChI=1S/C16H16Cl2N2OS2/c1-21-13-6-5-11(17)7-12(13)15(22)19-16-20(9-14(18)23-16)8-10-3-2-4-10/h5-7,9-10H,2-4,8H2,1H3/b19-16-. The average Bonchev–Trinajstić information content (AvgIpc) is 2.82. The predicted octanol–water partition coefficient (Wildman–Crippen LogP) is 4.94. The summed E-state index contributed by atoms with van der Waals surface area (Å²) in [7, 11) is 1.61. The van der Waals surface area contributed by atoms with E-state index in [1.807, 2.05) is 6.20 Å². The van der Waals surface area contributed by atoms with Gasteiger partial charge in [0.25, 0.3) is 0 Å². The lowest BCUT2D eigenvalue weighted by molar-refractivity contribution is 0.274. The normalized spacial score (nSPS) is 15.5. The molecule has 122 valence electrons. The van der Waals surface area contributed by atoms with Crippen molar-refractivity contribution < 1.29 is 4.74 Å². The highest BCUT2D eigenvalue weighted by Crippen LogP contribution is 2.28. The first-order valence-corrected chi connectivity index (χ1v) is 9.33. The van der Waals surface area contributed by atoms with Crippen molar-refractivity contribution in [2.24, 2.45) is 10.9 Å². The lowest BCUT2D eigenvalue weighted by Gasteiger charge is -2.25. The van der Waals surface area contributed by atoms with Crippen LogP contribution in [-0.4, -0.2) is 16.7 Å². The molecule has 1 heterocycles. The van der Waals surface area contributed by atoms with Gasteiger partial charge in [0.2, 0.25) is 0 Å². The molecular weight excluding hydrogens is 371 g/mol. The van der Waals surface area contributed by atoms with Crippen molar-refractivity contribution >= 4 is 51.7 Å². The Balaban J connectivity index is 1.94. The molecule has 0 radical (unpaired) electrons. The lowest BCUT2D eigenvalue weighted by atomic mass is 9.85. The van der Waals surface area contributed by atoms with Crippen LogP contribution in [0.15, 0.2) is 29.4 Å². The van der Waals surface area contributed by atoms with Crippen LogP contribution in [0.3, 0.4) is 0 Å². The molecule has 0 spiro atoms. The molecule has 1 saturated carbocycles. The molecule has 3 nitrogen and oxygen atoms in total. The van der Waals surface area contributed by atoms with Crippen molar-refractivity contribution in [3.63, 3.8) is 0 Å². The molecule has 2 aromatic rings. The number of thiazole rings is 1. The van der Waals surface area contributed by atoms with Gasteiger partial charge < -0.3 is 9.30 Å². The SMILES string of the molecule is COc1ccc(Cl)cc1C(=S)/N=c1\sc(Cl)cn1CC1CCC1. The van der Waals surface area contributed by atoms with Crippen LogP contribution in [0.4, 0.5) is 0 Å². The van der Waals surface area contributed by atoms with Crippen molar-refractivity contribution in [2.45, 2.75) is 25.8 Å². The summed E-state index contributed by atoms with van der Waals surface area (Å²) >= 11 is 19.2. The zero-order chi connectivity index (χ0) is 16.4. The Hall–Kier alpha value is -0.880. The van der Waals surface area contributed by atoms with E-state index in [0.717, 1.165) is 16.9 Å². The van der Waals surface area contributed by atoms with Crippen molar-refractivity contribution in [2.75, 3.05) is 7.11 Å². The highest BCUT2D eigenvalue weighted by Gasteiger charge is 2.19. The highest BCUT2D eigenvalue weighted by molar-refractivity contribution is 7.80. The Kier molecular flexibility index (Phi) is 5.42. The molecule has 1 fully saturated rings. The zero-order valence-electron chi connectivity index (χ0n) is 12.6. The van der Waals surface area contributed by atoms with E-state index >= 15 is 0 Å². The Labute approximate surface area is 154 Å². The third-order valence-corrected chi connectivity index (χ3v) is 5.64. The van der Waals surface area contributed by atoms with E-state index in [9.17, 15) is 0 Å². The Bertz CT molecular complexity index is 794. The number of ether oxygens (including phenoxy) is 1. The average molecular weight is 387 g/mol. The van der Waals surface area contributed by atoms with Crippen molar-refractivity contribution in [3.05, 3.63) is 44.1 Å². The number of aromatic nitrogens is 1. The molecule has 0 amide bonds. The quantitative estimate of drug-likeness (QED) is 0.695. The van der Waals surface area contributed by atoms with E-state index in [-0.39, 0.29) is 0 Å². The molecule has 3 rings (SSSR count). The summed E-state index contributed by atoms with van der Waals surface area (Å²) in [6.45, 7) is 0.942. The summed E-state index contributed by atoms with van der Waals surface area (Å²) in [4.78, 5) is 5.86. The number of thiocarbonyl (C=S) groups is 1. The van der Waals surface area contributed by atoms with Crippen LogP contribution >= 0.6 is 46.8 Å². The summed E-state index contributed by atoms with van der Waals surface area (Å²) in [5.74, 6) is 1.38. The largest absolute Gasteiger partial charge is 0.496 e. The molecule has 1 aromatic heterocycles. The van der Waals surface area contributed by atoms with Crippen LogP contribution in [0.2, 0.25) is 9.36 Å². The van der Waals surface area contributed by atoms with E-state index < -0.39 is 0 Å². The maximum Gasteiger partial charge on any atom is 0.192 e. The second kappa shape index (κ2) is 7.34. The molecule has 0 saturated heterocycles. The smallest absolute Gasteiger partial charge is 0.192 e. The molecule has 0 aliphatic heterocycles. The predicted molar refractivity (Wildman–Crippen MR) is 99.9 cm³/mol. The van der Waals surface area contributed by atoms with Gasteiger partial charge in [0.05, 0.1) is 12.7 Å². The van der Waals surface area contributed by atoms with E-state index in [2.05, 4.69) is 9.56 Å². The second-order valence-electron chi connectivity index (χ2n) is 5.53. The molecular formula is C16H16Cl2N2OS2. The molecule has 0 atom stereocenters. The van der Waals surface area contributed by atoms with Crippen LogP contribution in [0.5, 0.6) is 5.75 Å². The van der Waals surface area contributed by atoms with Gasteiger partial charge in [-0.1, -0.05) is 53.2 Å². The fourth-order valence-corrected chi connectivity index (χ4v) is 4.05. The molecule has 7 heteroatoms. The first-order valence-electron chi connectivity index (χ1n) is 7.35. The van der Waals surface area contributed by atoms with Gasteiger partial charge in [0.1, 0.15) is 15.1 Å². The van der Waals surface area contributed by atoms with Crippen LogP contribution in [0, 0.1) is 5.92 Å². The van der Waals surface area contributed by atoms with Gasteiger partial charge in [-0.25, -0.2) is 4.99 Å². The zero-order valence-corrected chi connectivity index (χ0v) is 15.7. The number of hydrogen-bond donors (Lipinski definition) is 0. The summed E-state index contributed by atoms with van der Waals surface area (Å²) in [5, 5.41) is 0.602. The highest BCUT2D eigenvalue weighted by atomic mass is 35.5. The van der Waals surface area contributed by atoms with Gasteiger partial charge in [-0.15, -0.1) is 0 Å². The van der Waals surface area contributed by atoms with Gasteiger partial charge in [0.15, 0.2) is 4.80 Å². The van der Waals surface area contributed by atoms with Crippen LogP contribution in [0.25, 0.3) is 0 Å². The first kappa shape index (κ1) is 17.0. The third-order valence-electron chi connectivity index (χ3n) is 3.96. The number of nitrogens with zero attached hydrogens (tertiary/aromatic N) is 2. The number of halogens is 2. The monoisotopic (exact) mass is 386 g/mol. The molecule has 0 bridgehead atoms. The van der Waals surface area contributed by atoms with Gasteiger partial charge >= 0.3 is 0 Å². The first-order chi connectivity index (χ1) is 11.1. The molecule has 23 heavy (non-hydrogen) atoms. The summed E-state index contributed by atoms with van der Waals surface area (Å²) in [5.41, 5.74) is 0.717. The minimum atomic E-state index is 0.449. The molecule has 0 unspecified atom stereocenters. The Morgan fingerprint density at radius 2 is 2.22 bits per heavy atom. The lowest BCUT2D eigenvalue weighted by Crippen LogP contribution is -2.24. The molecule has 1 aromatic carbocycles. The van der Waals surface area contributed by atoms with Gasteiger partial charge in [-0.05, 0) is 37.0 Å². The van der Waals surface area contributed by atoms with Crippen molar-refractivity contribution in [1.29, 1.82) is 0 Å². The number of benzene rings is 1. The molecule has 1 aliphatic rings. The maximum atomic E-state index is 6.17. The fraction of sp³-hybridized carbons (Fsp3) is 0.375. The van der Waals surface area contributed by atoms with E-state index in [1.165, 1.54) is 30.6 Å². The number of methoxy groups -OCH3 is 1.